The Balaban J connectivity index is 2.99. The average Bonchev–Trinajstić information content (AvgIpc) is 2.18. The second kappa shape index (κ2) is 5.40. The third kappa shape index (κ3) is 2.86. The fraction of sp³-hybridized carbons (Fsp3) is 0.154. The first-order valence-electron chi connectivity index (χ1n) is 4.62. The molecule has 0 amide bonds. The van der Waals surface area contributed by atoms with Crippen molar-refractivity contribution in [1.29, 1.82) is 0 Å². The lowest BCUT2D eigenvalue weighted by Crippen LogP contribution is -1.91. The monoisotopic (exact) mass is 187 g/mol. The van der Waals surface area contributed by atoms with Crippen molar-refractivity contribution >= 4 is 0 Å². The van der Waals surface area contributed by atoms with Gasteiger partial charge in [-0.05, 0) is 29.5 Å². The van der Waals surface area contributed by atoms with Gasteiger partial charge in [0.2, 0.25) is 0 Å². The molecule has 0 aromatic heterocycles. The molecule has 0 aliphatic rings. The highest BCUT2D eigenvalue weighted by molar-refractivity contribution is 5.34. The molecule has 1 radical (unpaired) electrons. The van der Waals surface area contributed by atoms with E-state index < -0.39 is 0 Å². The number of allylic oxidation sites excluding steroid dienone is 2. The Morgan fingerprint density at radius 3 is 1.86 bits per heavy atom. The van der Waals surface area contributed by atoms with Crippen molar-refractivity contribution in [3.05, 3.63) is 66.8 Å². The van der Waals surface area contributed by atoms with E-state index in [0.29, 0.717) is 0 Å². The van der Waals surface area contributed by atoms with E-state index in [9.17, 15) is 0 Å². The van der Waals surface area contributed by atoms with Gasteiger partial charge in [0.05, 0.1) is 0 Å². The van der Waals surface area contributed by atoms with Gasteiger partial charge in [-0.3, -0.25) is 0 Å². The first kappa shape index (κ1) is 10.7. The molecule has 0 heterocycles. The molecule has 1 heteroatoms. The Labute approximate surface area is 85.4 Å². The Bertz CT molecular complexity index is 298. The fourth-order valence-electron chi connectivity index (χ4n) is 1.43. The number of aliphatic hydroxyl groups is 1. The zero-order valence-corrected chi connectivity index (χ0v) is 8.24. The van der Waals surface area contributed by atoms with E-state index >= 15 is 0 Å². The van der Waals surface area contributed by atoms with Crippen LogP contribution in [-0.4, -0.2) is 5.11 Å². The summed E-state index contributed by atoms with van der Waals surface area (Å²) < 4.78 is 0. The van der Waals surface area contributed by atoms with Crippen LogP contribution in [0.3, 0.4) is 0 Å². The molecule has 1 nitrogen and oxygen atoms in total. The number of benzene rings is 1. The predicted octanol–water partition coefficient (Wildman–Crippen LogP) is 3.03. The molecule has 0 unspecified atom stereocenters. The summed E-state index contributed by atoms with van der Waals surface area (Å²) in [4.78, 5) is 0. The average molecular weight is 187 g/mol. The molecule has 73 valence electrons. The van der Waals surface area contributed by atoms with Gasteiger partial charge < -0.3 is 5.11 Å². The smallest absolute Gasteiger partial charge is 0.109 e. The molecule has 1 aromatic rings. The van der Waals surface area contributed by atoms with Crippen LogP contribution in [0.5, 0.6) is 0 Å². The molecule has 14 heavy (non-hydrogen) atoms. The summed E-state index contributed by atoms with van der Waals surface area (Å²) in [5.41, 5.74) is 3.17. The van der Waals surface area contributed by atoms with E-state index in [1.165, 1.54) is 11.1 Å². The highest BCUT2D eigenvalue weighted by Crippen LogP contribution is 2.13. The van der Waals surface area contributed by atoms with Crippen molar-refractivity contribution in [3.63, 3.8) is 0 Å². The topological polar surface area (TPSA) is 20.2 Å². The molecule has 0 saturated heterocycles. The molecule has 0 aliphatic carbocycles. The lowest BCUT2D eigenvalue weighted by atomic mass is 10.0. The Morgan fingerprint density at radius 2 is 1.50 bits per heavy atom. The van der Waals surface area contributed by atoms with Gasteiger partial charge in [-0.2, -0.15) is 0 Å². The minimum atomic E-state index is 0.825. The van der Waals surface area contributed by atoms with Crippen LogP contribution >= 0.6 is 0 Å². The largest absolute Gasteiger partial charge is 0.385 e. The second-order valence-corrected chi connectivity index (χ2v) is 3.20. The van der Waals surface area contributed by atoms with Crippen molar-refractivity contribution in [1.82, 2.24) is 0 Å². The summed E-state index contributed by atoms with van der Waals surface area (Å²) in [5.74, 6) is 0. The molecule has 0 saturated carbocycles. The van der Waals surface area contributed by atoms with Crippen LogP contribution in [-0.2, 0) is 12.8 Å². The molecule has 0 fully saturated rings. The maximum atomic E-state index is 8.95. The minimum Gasteiger partial charge on any atom is -0.385 e. The number of rotatable bonds is 5. The number of hydrogen-bond acceptors (Lipinski definition) is 1. The van der Waals surface area contributed by atoms with Crippen LogP contribution < -0.4 is 0 Å². The van der Waals surface area contributed by atoms with Gasteiger partial charge in [0.1, 0.15) is 6.61 Å². The Kier molecular flexibility index (Phi) is 4.14. The summed E-state index contributed by atoms with van der Waals surface area (Å²) in [5, 5.41) is 8.95. The van der Waals surface area contributed by atoms with E-state index in [0.717, 1.165) is 25.0 Å². The second-order valence-electron chi connectivity index (χ2n) is 3.20. The van der Waals surface area contributed by atoms with E-state index in [2.05, 4.69) is 19.2 Å². The molecule has 1 N–H and O–H groups in total. The summed E-state index contributed by atoms with van der Waals surface area (Å²) in [6, 6.07) is 6.01. The maximum Gasteiger partial charge on any atom is 0.109 e. The SMILES string of the molecule is C=CCc1cc([CH]O)cc(CC=C)c1. The summed E-state index contributed by atoms with van der Waals surface area (Å²) in [6.07, 6.45) is 5.36. The highest BCUT2D eigenvalue weighted by Gasteiger charge is 1.98. The number of aliphatic hydroxyl groups excluding tert-OH is 1. The minimum absolute atomic E-state index is 0.825. The molecular formula is C13H15O. The van der Waals surface area contributed by atoms with Crippen molar-refractivity contribution in [3.8, 4) is 0 Å². The van der Waals surface area contributed by atoms with Gasteiger partial charge in [0.25, 0.3) is 0 Å². The van der Waals surface area contributed by atoms with Gasteiger partial charge in [0, 0.05) is 0 Å². The van der Waals surface area contributed by atoms with Crippen molar-refractivity contribution in [2.24, 2.45) is 0 Å². The van der Waals surface area contributed by atoms with Gasteiger partial charge in [-0.1, -0.05) is 30.4 Å². The fourth-order valence-corrected chi connectivity index (χ4v) is 1.43. The zero-order chi connectivity index (χ0) is 10.4. The third-order valence-corrected chi connectivity index (χ3v) is 1.98. The van der Waals surface area contributed by atoms with Gasteiger partial charge in [-0.15, -0.1) is 13.2 Å². The molecule has 0 atom stereocenters. The molecule has 0 spiro atoms. The van der Waals surface area contributed by atoms with Crippen molar-refractivity contribution < 1.29 is 5.11 Å². The third-order valence-electron chi connectivity index (χ3n) is 1.98. The summed E-state index contributed by atoms with van der Waals surface area (Å²) in [7, 11) is 0. The van der Waals surface area contributed by atoms with Crippen LogP contribution in [0.4, 0.5) is 0 Å². The summed E-state index contributed by atoms with van der Waals surface area (Å²) in [6.45, 7) is 8.51. The van der Waals surface area contributed by atoms with E-state index in [1.807, 2.05) is 24.3 Å². The van der Waals surface area contributed by atoms with Crippen LogP contribution in [0.15, 0.2) is 43.5 Å². The summed E-state index contributed by atoms with van der Waals surface area (Å²) >= 11 is 0. The first-order chi connectivity index (χ1) is 6.80. The molecule has 0 aliphatic heterocycles. The zero-order valence-electron chi connectivity index (χ0n) is 8.24. The maximum absolute atomic E-state index is 8.95. The standard InChI is InChI=1S/C13H15O/c1-3-5-11-7-12(6-4-2)9-13(8-11)10-14/h3-4,7-10,14H,1-2,5-6H2. The highest BCUT2D eigenvalue weighted by atomic mass is 16.3. The van der Waals surface area contributed by atoms with Crippen LogP contribution in [0.1, 0.15) is 16.7 Å². The lowest BCUT2D eigenvalue weighted by molar-refractivity contribution is 0.414. The van der Waals surface area contributed by atoms with Crippen molar-refractivity contribution in [2.45, 2.75) is 12.8 Å². The predicted molar refractivity (Wildman–Crippen MR) is 59.6 cm³/mol. The van der Waals surface area contributed by atoms with Gasteiger partial charge >= 0.3 is 0 Å². The van der Waals surface area contributed by atoms with Crippen LogP contribution in [0.25, 0.3) is 0 Å². The van der Waals surface area contributed by atoms with E-state index in [4.69, 9.17) is 5.11 Å². The van der Waals surface area contributed by atoms with E-state index in [-0.39, 0.29) is 0 Å². The quantitative estimate of drug-likeness (QED) is 0.702. The Hall–Kier alpha value is -1.34. The van der Waals surface area contributed by atoms with Crippen LogP contribution in [0.2, 0.25) is 0 Å². The van der Waals surface area contributed by atoms with Crippen LogP contribution in [0, 0.1) is 6.61 Å². The number of hydrogen-bond donors (Lipinski definition) is 1. The normalized spacial score (nSPS) is 9.79. The van der Waals surface area contributed by atoms with Gasteiger partial charge in [0.15, 0.2) is 0 Å². The first-order valence-corrected chi connectivity index (χ1v) is 4.62. The van der Waals surface area contributed by atoms with E-state index in [1.54, 1.807) is 0 Å². The Morgan fingerprint density at radius 1 is 1.00 bits per heavy atom. The van der Waals surface area contributed by atoms with Crippen molar-refractivity contribution in [2.75, 3.05) is 0 Å². The molecule has 0 bridgehead atoms. The lowest BCUT2D eigenvalue weighted by Gasteiger charge is -2.05. The van der Waals surface area contributed by atoms with Gasteiger partial charge in [-0.25, -0.2) is 0 Å². The molecule has 1 rings (SSSR count). The molecular weight excluding hydrogens is 172 g/mol. The molecule has 1 aromatic carbocycles.